The number of benzene rings is 2. The van der Waals surface area contributed by atoms with Crippen molar-refractivity contribution in [1.29, 1.82) is 0 Å². The van der Waals surface area contributed by atoms with Crippen LogP contribution in [0.5, 0.6) is 5.75 Å². The van der Waals surface area contributed by atoms with Crippen LogP contribution in [0.2, 0.25) is 0 Å². The Morgan fingerprint density at radius 3 is 2.79 bits per heavy atom. The molecule has 0 fully saturated rings. The van der Waals surface area contributed by atoms with Crippen molar-refractivity contribution in [3.63, 3.8) is 0 Å². The SMILES string of the molecule is Oc1ccc2cccc(CCCl)c2c1. The highest BCUT2D eigenvalue weighted by atomic mass is 35.5. The van der Waals surface area contributed by atoms with Gasteiger partial charge >= 0.3 is 0 Å². The lowest BCUT2D eigenvalue weighted by molar-refractivity contribution is 0.476. The summed E-state index contributed by atoms with van der Waals surface area (Å²) in [6, 6.07) is 11.5. The maximum atomic E-state index is 9.39. The molecule has 0 spiro atoms. The summed E-state index contributed by atoms with van der Waals surface area (Å²) in [5.74, 6) is 0.911. The molecule has 0 heterocycles. The largest absolute Gasteiger partial charge is 0.508 e. The number of aryl methyl sites for hydroxylation is 1. The van der Waals surface area contributed by atoms with Crippen molar-refractivity contribution in [2.75, 3.05) is 5.88 Å². The predicted molar refractivity (Wildman–Crippen MR) is 60.0 cm³/mol. The minimum Gasteiger partial charge on any atom is -0.508 e. The number of hydrogen-bond acceptors (Lipinski definition) is 1. The summed E-state index contributed by atoms with van der Waals surface area (Å²) in [7, 11) is 0. The van der Waals surface area contributed by atoms with Gasteiger partial charge < -0.3 is 5.11 Å². The van der Waals surface area contributed by atoms with E-state index in [4.69, 9.17) is 11.6 Å². The Kier molecular flexibility index (Phi) is 2.60. The topological polar surface area (TPSA) is 20.2 Å². The molecule has 0 unspecified atom stereocenters. The molecule has 72 valence electrons. The summed E-state index contributed by atoms with van der Waals surface area (Å²) in [6.45, 7) is 0. The monoisotopic (exact) mass is 206 g/mol. The standard InChI is InChI=1S/C12H11ClO/c13-7-6-10-3-1-2-9-4-5-11(14)8-12(9)10/h1-5,8,14H,6-7H2. The Bertz CT molecular complexity index is 451. The molecule has 14 heavy (non-hydrogen) atoms. The first-order valence-corrected chi connectivity index (χ1v) is 5.11. The van der Waals surface area contributed by atoms with E-state index in [-0.39, 0.29) is 0 Å². The average Bonchev–Trinajstić information content (AvgIpc) is 2.19. The van der Waals surface area contributed by atoms with Gasteiger partial charge in [-0.15, -0.1) is 11.6 Å². The van der Waals surface area contributed by atoms with Gasteiger partial charge in [-0.3, -0.25) is 0 Å². The van der Waals surface area contributed by atoms with E-state index in [1.165, 1.54) is 5.56 Å². The summed E-state index contributed by atoms with van der Waals surface area (Å²) in [5.41, 5.74) is 1.19. The summed E-state index contributed by atoms with van der Waals surface area (Å²) in [5, 5.41) is 11.6. The molecule has 1 nitrogen and oxygen atoms in total. The first kappa shape index (κ1) is 9.35. The fourth-order valence-electron chi connectivity index (χ4n) is 1.65. The van der Waals surface area contributed by atoms with Crippen LogP contribution in [0.4, 0.5) is 0 Å². The second kappa shape index (κ2) is 3.89. The first-order valence-electron chi connectivity index (χ1n) is 4.58. The van der Waals surface area contributed by atoms with Crippen molar-refractivity contribution in [3.8, 4) is 5.75 Å². The second-order valence-corrected chi connectivity index (χ2v) is 3.64. The quantitative estimate of drug-likeness (QED) is 0.748. The van der Waals surface area contributed by atoms with Crippen LogP contribution in [-0.2, 0) is 6.42 Å². The molecule has 2 aromatic carbocycles. The van der Waals surface area contributed by atoms with Gasteiger partial charge in [0.2, 0.25) is 0 Å². The van der Waals surface area contributed by atoms with Gasteiger partial charge in [-0.05, 0) is 34.9 Å². The van der Waals surface area contributed by atoms with Crippen molar-refractivity contribution in [1.82, 2.24) is 0 Å². The maximum absolute atomic E-state index is 9.39. The molecule has 2 rings (SSSR count). The van der Waals surface area contributed by atoms with Crippen molar-refractivity contribution in [2.45, 2.75) is 6.42 Å². The third kappa shape index (κ3) is 1.68. The second-order valence-electron chi connectivity index (χ2n) is 3.26. The Balaban J connectivity index is 2.64. The summed E-state index contributed by atoms with van der Waals surface area (Å²) in [6.07, 6.45) is 0.836. The van der Waals surface area contributed by atoms with Crippen molar-refractivity contribution >= 4 is 22.4 Å². The summed E-state index contributed by atoms with van der Waals surface area (Å²) in [4.78, 5) is 0. The van der Waals surface area contributed by atoms with Crippen LogP contribution in [0.1, 0.15) is 5.56 Å². The van der Waals surface area contributed by atoms with E-state index in [0.717, 1.165) is 17.2 Å². The van der Waals surface area contributed by atoms with Crippen molar-refractivity contribution < 1.29 is 5.11 Å². The highest BCUT2D eigenvalue weighted by molar-refractivity contribution is 6.18. The fraction of sp³-hybridized carbons (Fsp3) is 0.167. The fourth-order valence-corrected chi connectivity index (χ4v) is 1.85. The van der Waals surface area contributed by atoms with E-state index in [9.17, 15) is 5.11 Å². The molecule has 0 aromatic heterocycles. The molecule has 0 aliphatic carbocycles. The highest BCUT2D eigenvalue weighted by Crippen LogP contribution is 2.23. The van der Waals surface area contributed by atoms with Gasteiger partial charge in [0.25, 0.3) is 0 Å². The van der Waals surface area contributed by atoms with Crippen molar-refractivity contribution in [3.05, 3.63) is 42.0 Å². The molecule has 0 saturated heterocycles. The van der Waals surface area contributed by atoms with E-state index in [2.05, 4.69) is 0 Å². The molecule has 0 aliphatic heterocycles. The van der Waals surface area contributed by atoms with Gasteiger partial charge in [-0.1, -0.05) is 24.3 Å². The predicted octanol–water partition coefficient (Wildman–Crippen LogP) is 3.33. The van der Waals surface area contributed by atoms with Crippen LogP contribution in [0, 0.1) is 0 Å². The van der Waals surface area contributed by atoms with E-state index < -0.39 is 0 Å². The van der Waals surface area contributed by atoms with Crippen molar-refractivity contribution in [2.24, 2.45) is 0 Å². The molecular formula is C12H11ClO. The normalized spacial score (nSPS) is 10.6. The Labute approximate surface area is 87.9 Å². The Morgan fingerprint density at radius 1 is 1.14 bits per heavy atom. The van der Waals surface area contributed by atoms with Crippen LogP contribution in [0.3, 0.4) is 0 Å². The van der Waals surface area contributed by atoms with E-state index in [0.29, 0.717) is 11.6 Å². The molecule has 0 radical (unpaired) electrons. The molecule has 1 N–H and O–H groups in total. The Hall–Kier alpha value is -1.21. The zero-order chi connectivity index (χ0) is 9.97. The maximum Gasteiger partial charge on any atom is 0.116 e. The molecule has 0 bridgehead atoms. The molecule has 0 atom stereocenters. The smallest absolute Gasteiger partial charge is 0.116 e. The number of fused-ring (bicyclic) bond motifs is 1. The molecular weight excluding hydrogens is 196 g/mol. The number of rotatable bonds is 2. The van der Waals surface area contributed by atoms with E-state index in [1.54, 1.807) is 12.1 Å². The lowest BCUT2D eigenvalue weighted by atomic mass is 10.0. The van der Waals surface area contributed by atoms with Gasteiger partial charge in [0, 0.05) is 5.88 Å². The summed E-state index contributed by atoms with van der Waals surface area (Å²) < 4.78 is 0. The molecule has 0 saturated carbocycles. The minimum absolute atomic E-state index is 0.305. The van der Waals surface area contributed by atoms with Crippen LogP contribution < -0.4 is 0 Å². The minimum atomic E-state index is 0.305. The summed E-state index contributed by atoms with van der Waals surface area (Å²) >= 11 is 5.71. The van der Waals surface area contributed by atoms with Gasteiger partial charge in [0.15, 0.2) is 0 Å². The lowest BCUT2D eigenvalue weighted by Gasteiger charge is -2.04. The number of aromatic hydroxyl groups is 1. The van der Waals surface area contributed by atoms with Crippen LogP contribution >= 0.6 is 11.6 Å². The number of alkyl halides is 1. The molecule has 0 amide bonds. The Morgan fingerprint density at radius 2 is 2.00 bits per heavy atom. The van der Waals surface area contributed by atoms with Gasteiger partial charge in [0.05, 0.1) is 0 Å². The van der Waals surface area contributed by atoms with Gasteiger partial charge in [0.1, 0.15) is 5.75 Å². The lowest BCUT2D eigenvalue weighted by Crippen LogP contribution is -1.87. The third-order valence-corrected chi connectivity index (χ3v) is 2.51. The van der Waals surface area contributed by atoms with Crippen LogP contribution in [-0.4, -0.2) is 11.0 Å². The zero-order valence-corrected chi connectivity index (χ0v) is 8.46. The first-order chi connectivity index (χ1) is 6.81. The number of hydrogen-bond donors (Lipinski definition) is 1. The number of phenols is 1. The average molecular weight is 207 g/mol. The molecule has 0 aliphatic rings. The van der Waals surface area contributed by atoms with Gasteiger partial charge in [-0.25, -0.2) is 0 Å². The highest BCUT2D eigenvalue weighted by Gasteiger charge is 2.00. The van der Waals surface area contributed by atoms with E-state index in [1.807, 2.05) is 24.3 Å². The molecule has 2 heteroatoms. The van der Waals surface area contributed by atoms with Crippen LogP contribution in [0.15, 0.2) is 36.4 Å². The van der Waals surface area contributed by atoms with Crippen LogP contribution in [0.25, 0.3) is 10.8 Å². The molecule has 2 aromatic rings. The van der Waals surface area contributed by atoms with Gasteiger partial charge in [-0.2, -0.15) is 0 Å². The third-order valence-electron chi connectivity index (χ3n) is 2.32. The van der Waals surface area contributed by atoms with E-state index >= 15 is 0 Å². The zero-order valence-electron chi connectivity index (χ0n) is 7.70. The number of halogens is 1. The number of phenolic OH excluding ortho intramolecular Hbond substituents is 1.